The van der Waals surface area contributed by atoms with Crippen molar-refractivity contribution in [2.75, 3.05) is 11.4 Å². The number of nitrogens with zero attached hydrogens (tertiary/aromatic N) is 1. The molecular weight excluding hydrogens is 277 g/mol. The van der Waals surface area contributed by atoms with Crippen molar-refractivity contribution < 1.29 is 9.18 Å². The van der Waals surface area contributed by atoms with E-state index in [0.717, 1.165) is 24.1 Å². The minimum absolute atomic E-state index is 0.0224. The van der Waals surface area contributed by atoms with E-state index >= 15 is 0 Å². The predicted molar refractivity (Wildman–Crippen MR) is 77.8 cm³/mol. The number of hydrogen-bond acceptors (Lipinski definition) is 1. The van der Waals surface area contributed by atoms with Gasteiger partial charge in [-0.05, 0) is 42.7 Å². The quantitative estimate of drug-likeness (QED) is 0.775. The molecule has 0 saturated heterocycles. The van der Waals surface area contributed by atoms with Crippen molar-refractivity contribution in [2.45, 2.75) is 12.8 Å². The summed E-state index contributed by atoms with van der Waals surface area (Å²) >= 11 is 5.86. The van der Waals surface area contributed by atoms with E-state index in [4.69, 9.17) is 11.6 Å². The molecule has 0 spiro atoms. The molecule has 1 aliphatic rings. The zero-order chi connectivity index (χ0) is 14.1. The fourth-order valence-corrected chi connectivity index (χ4v) is 2.72. The third-order valence-corrected chi connectivity index (χ3v) is 3.75. The van der Waals surface area contributed by atoms with Crippen LogP contribution in [0, 0.1) is 5.82 Å². The molecule has 0 unspecified atom stereocenters. The first-order valence-electron chi connectivity index (χ1n) is 6.51. The number of fused-ring (bicyclic) bond motifs is 1. The first-order chi connectivity index (χ1) is 9.66. The highest BCUT2D eigenvalue weighted by Crippen LogP contribution is 2.29. The number of anilines is 1. The summed E-state index contributed by atoms with van der Waals surface area (Å²) in [6, 6.07) is 11.8. The number of halogens is 2. The largest absolute Gasteiger partial charge is 0.308 e. The third kappa shape index (κ3) is 2.29. The minimum atomic E-state index is -0.539. The van der Waals surface area contributed by atoms with Gasteiger partial charge in [0.15, 0.2) is 0 Å². The molecule has 1 amide bonds. The van der Waals surface area contributed by atoms with Crippen LogP contribution in [0.1, 0.15) is 22.3 Å². The fraction of sp³-hybridized carbons (Fsp3) is 0.188. The van der Waals surface area contributed by atoms with E-state index in [-0.39, 0.29) is 11.5 Å². The van der Waals surface area contributed by atoms with Gasteiger partial charge in [0, 0.05) is 17.3 Å². The molecule has 4 heteroatoms. The number of carbonyl (C=O) groups is 1. The van der Waals surface area contributed by atoms with Crippen molar-refractivity contribution in [3.63, 3.8) is 0 Å². The van der Waals surface area contributed by atoms with Crippen LogP contribution in [-0.2, 0) is 6.42 Å². The van der Waals surface area contributed by atoms with E-state index in [0.29, 0.717) is 11.6 Å². The molecule has 0 bridgehead atoms. The molecular formula is C16H13ClFNO. The third-order valence-electron chi connectivity index (χ3n) is 3.51. The number of amides is 1. The predicted octanol–water partition coefficient (Wildman–Crippen LogP) is 4.07. The number of rotatable bonds is 1. The highest BCUT2D eigenvalue weighted by molar-refractivity contribution is 6.31. The Morgan fingerprint density at radius 2 is 2.00 bits per heavy atom. The molecule has 3 rings (SSSR count). The summed E-state index contributed by atoms with van der Waals surface area (Å²) < 4.78 is 13.8. The summed E-state index contributed by atoms with van der Waals surface area (Å²) in [5.74, 6) is -0.875. The average Bonchev–Trinajstić information content (AvgIpc) is 2.48. The number of carbonyl (C=O) groups excluding carboxylic acids is 1. The molecule has 2 aromatic rings. The number of para-hydroxylation sites is 1. The molecule has 102 valence electrons. The highest BCUT2D eigenvalue weighted by Gasteiger charge is 2.25. The minimum Gasteiger partial charge on any atom is -0.308 e. The van der Waals surface area contributed by atoms with Gasteiger partial charge in [-0.2, -0.15) is 0 Å². The maximum atomic E-state index is 13.8. The second-order valence-electron chi connectivity index (χ2n) is 4.81. The second kappa shape index (κ2) is 5.25. The van der Waals surface area contributed by atoms with Crippen LogP contribution < -0.4 is 4.90 Å². The van der Waals surface area contributed by atoms with Crippen molar-refractivity contribution in [3.05, 3.63) is 64.4 Å². The molecule has 20 heavy (non-hydrogen) atoms. The van der Waals surface area contributed by atoms with Crippen LogP contribution in [0.4, 0.5) is 10.1 Å². The van der Waals surface area contributed by atoms with Gasteiger partial charge >= 0.3 is 0 Å². The lowest BCUT2D eigenvalue weighted by Crippen LogP contribution is -2.35. The maximum absolute atomic E-state index is 13.8. The molecule has 2 aromatic carbocycles. The van der Waals surface area contributed by atoms with Crippen LogP contribution in [-0.4, -0.2) is 12.5 Å². The standard InChI is InChI=1S/C16H13ClFNO/c17-12-7-8-14(18)13(10-12)16(20)19-9-3-5-11-4-1-2-6-15(11)19/h1-2,4,6-8,10H,3,5,9H2. The summed E-state index contributed by atoms with van der Waals surface area (Å²) in [6.07, 6.45) is 1.82. The summed E-state index contributed by atoms with van der Waals surface area (Å²) in [5.41, 5.74) is 2.01. The Hall–Kier alpha value is -1.87. The van der Waals surface area contributed by atoms with Crippen LogP contribution in [0.3, 0.4) is 0 Å². The summed E-state index contributed by atoms with van der Waals surface area (Å²) in [5, 5.41) is 0.361. The Kier molecular flexibility index (Phi) is 3.45. The molecule has 0 saturated carbocycles. The van der Waals surface area contributed by atoms with Gasteiger partial charge in [-0.25, -0.2) is 4.39 Å². The van der Waals surface area contributed by atoms with E-state index in [1.54, 1.807) is 4.90 Å². The van der Waals surface area contributed by atoms with E-state index in [1.165, 1.54) is 18.2 Å². The summed E-state index contributed by atoms with van der Waals surface area (Å²) in [4.78, 5) is 14.2. The van der Waals surface area contributed by atoms with Gasteiger partial charge in [0.25, 0.3) is 5.91 Å². The van der Waals surface area contributed by atoms with Crippen LogP contribution >= 0.6 is 11.6 Å². The molecule has 0 aromatic heterocycles. The topological polar surface area (TPSA) is 20.3 Å². The van der Waals surface area contributed by atoms with Crippen LogP contribution in [0.15, 0.2) is 42.5 Å². The summed E-state index contributed by atoms with van der Waals surface area (Å²) in [7, 11) is 0. The van der Waals surface area contributed by atoms with Gasteiger partial charge in [-0.15, -0.1) is 0 Å². The normalized spacial score (nSPS) is 14.0. The molecule has 0 radical (unpaired) electrons. The summed E-state index contributed by atoms with van der Waals surface area (Å²) in [6.45, 7) is 0.599. The van der Waals surface area contributed by atoms with Gasteiger partial charge in [0.1, 0.15) is 5.82 Å². The molecule has 0 N–H and O–H groups in total. The molecule has 0 fully saturated rings. The molecule has 1 aliphatic heterocycles. The lowest BCUT2D eigenvalue weighted by molar-refractivity contribution is 0.0981. The Bertz CT molecular complexity index is 671. The van der Waals surface area contributed by atoms with Gasteiger partial charge in [0.05, 0.1) is 5.56 Å². The van der Waals surface area contributed by atoms with Crippen molar-refractivity contribution >= 4 is 23.2 Å². The lowest BCUT2D eigenvalue weighted by Gasteiger charge is -2.29. The van der Waals surface area contributed by atoms with Crippen molar-refractivity contribution in [2.24, 2.45) is 0 Å². The SMILES string of the molecule is O=C(c1cc(Cl)ccc1F)N1CCCc2ccccc21. The van der Waals surface area contributed by atoms with Crippen LogP contribution in [0.2, 0.25) is 5.02 Å². The highest BCUT2D eigenvalue weighted by atomic mass is 35.5. The first kappa shape index (κ1) is 13.1. The van der Waals surface area contributed by atoms with Gasteiger partial charge in [-0.1, -0.05) is 29.8 Å². The van der Waals surface area contributed by atoms with Crippen LogP contribution in [0.5, 0.6) is 0 Å². The smallest absolute Gasteiger partial charge is 0.261 e. The number of hydrogen-bond donors (Lipinski definition) is 0. The maximum Gasteiger partial charge on any atom is 0.261 e. The van der Waals surface area contributed by atoms with E-state index in [2.05, 4.69) is 0 Å². The monoisotopic (exact) mass is 289 g/mol. The lowest BCUT2D eigenvalue weighted by atomic mass is 10.0. The zero-order valence-corrected chi connectivity index (χ0v) is 11.5. The number of benzene rings is 2. The van der Waals surface area contributed by atoms with Gasteiger partial charge < -0.3 is 4.90 Å². The van der Waals surface area contributed by atoms with Crippen molar-refractivity contribution in [1.29, 1.82) is 0 Å². The Morgan fingerprint density at radius 1 is 1.20 bits per heavy atom. The van der Waals surface area contributed by atoms with Gasteiger partial charge in [-0.3, -0.25) is 4.79 Å². The van der Waals surface area contributed by atoms with Crippen molar-refractivity contribution in [1.82, 2.24) is 0 Å². The van der Waals surface area contributed by atoms with E-state index in [1.807, 2.05) is 24.3 Å². The molecule has 0 atom stereocenters. The van der Waals surface area contributed by atoms with Crippen molar-refractivity contribution in [3.8, 4) is 0 Å². The molecule has 0 aliphatic carbocycles. The van der Waals surface area contributed by atoms with E-state index in [9.17, 15) is 9.18 Å². The Balaban J connectivity index is 2.02. The van der Waals surface area contributed by atoms with E-state index < -0.39 is 5.82 Å². The fourth-order valence-electron chi connectivity index (χ4n) is 2.55. The molecule has 2 nitrogen and oxygen atoms in total. The average molecular weight is 290 g/mol. The Labute approximate surface area is 121 Å². The van der Waals surface area contributed by atoms with Gasteiger partial charge in [0.2, 0.25) is 0 Å². The number of aryl methyl sites for hydroxylation is 1. The Morgan fingerprint density at radius 3 is 2.85 bits per heavy atom. The van der Waals surface area contributed by atoms with Crippen LogP contribution in [0.25, 0.3) is 0 Å². The first-order valence-corrected chi connectivity index (χ1v) is 6.89. The second-order valence-corrected chi connectivity index (χ2v) is 5.25. The molecule has 1 heterocycles. The zero-order valence-electron chi connectivity index (χ0n) is 10.8.